The van der Waals surface area contributed by atoms with Crippen molar-refractivity contribution in [3.63, 3.8) is 0 Å². The maximum absolute atomic E-state index is 14.0. The van der Waals surface area contributed by atoms with E-state index in [1.807, 2.05) is 0 Å². The number of methoxy groups -OCH3 is 1. The van der Waals surface area contributed by atoms with Gasteiger partial charge in [-0.25, -0.2) is 9.18 Å². The summed E-state index contributed by atoms with van der Waals surface area (Å²) in [4.78, 5) is 12.0. The quantitative estimate of drug-likeness (QED) is 0.876. The van der Waals surface area contributed by atoms with Crippen molar-refractivity contribution in [3.05, 3.63) is 35.6 Å². The van der Waals surface area contributed by atoms with Gasteiger partial charge in [0.2, 0.25) is 0 Å². The third kappa shape index (κ3) is 4.19. The summed E-state index contributed by atoms with van der Waals surface area (Å²) in [5.41, 5.74) is -0.453. The number of urea groups is 1. The lowest BCUT2D eigenvalue weighted by molar-refractivity contribution is 0.00194. The first-order valence-electron chi connectivity index (χ1n) is 7.90. The van der Waals surface area contributed by atoms with Crippen LogP contribution in [0.4, 0.5) is 9.18 Å². The fourth-order valence-corrected chi connectivity index (χ4v) is 2.90. The summed E-state index contributed by atoms with van der Waals surface area (Å²) in [5, 5.41) is 5.79. The van der Waals surface area contributed by atoms with Gasteiger partial charge in [-0.3, -0.25) is 0 Å². The van der Waals surface area contributed by atoms with E-state index in [0.717, 1.165) is 25.7 Å². The molecule has 1 fully saturated rings. The standard InChI is InChI=1S/C17H25FN2O2/c1-17(22-2,14-10-6-7-11-15(14)18)12-19-16(21)20-13-8-4-3-5-9-13/h6-7,10-11,13H,3-5,8-9,12H2,1-2H3,(H2,19,20,21). The molecule has 1 aliphatic carbocycles. The summed E-state index contributed by atoms with van der Waals surface area (Å²) >= 11 is 0. The molecule has 1 unspecified atom stereocenters. The highest BCUT2D eigenvalue weighted by molar-refractivity contribution is 5.74. The predicted octanol–water partition coefficient (Wildman–Crippen LogP) is 3.32. The molecule has 0 radical (unpaired) electrons. The molecular formula is C17H25FN2O2. The van der Waals surface area contributed by atoms with Gasteiger partial charge < -0.3 is 15.4 Å². The first-order chi connectivity index (χ1) is 10.5. The maximum atomic E-state index is 14.0. The monoisotopic (exact) mass is 308 g/mol. The lowest BCUT2D eigenvalue weighted by atomic mass is 9.95. The highest BCUT2D eigenvalue weighted by Crippen LogP contribution is 2.26. The Morgan fingerprint density at radius 2 is 2.00 bits per heavy atom. The summed E-state index contributed by atoms with van der Waals surface area (Å²) in [5.74, 6) is -0.332. The molecule has 1 aromatic rings. The summed E-state index contributed by atoms with van der Waals surface area (Å²) in [6.07, 6.45) is 5.63. The Labute approximate surface area is 131 Å². The highest BCUT2D eigenvalue weighted by Gasteiger charge is 2.30. The van der Waals surface area contributed by atoms with Crippen LogP contribution < -0.4 is 10.6 Å². The molecule has 0 heterocycles. The third-order valence-corrected chi connectivity index (χ3v) is 4.42. The van der Waals surface area contributed by atoms with Crippen LogP contribution in [0.5, 0.6) is 0 Å². The van der Waals surface area contributed by atoms with Crippen molar-refractivity contribution in [2.75, 3.05) is 13.7 Å². The fraction of sp³-hybridized carbons (Fsp3) is 0.588. The zero-order chi connectivity index (χ0) is 16.0. The number of rotatable bonds is 5. The molecule has 0 saturated heterocycles. The fourth-order valence-electron chi connectivity index (χ4n) is 2.90. The van der Waals surface area contributed by atoms with Crippen LogP contribution in [0.25, 0.3) is 0 Å². The van der Waals surface area contributed by atoms with Gasteiger partial charge in [0, 0.05) is 18.7 Å². The van der Waals surface area contributed by atoms with E-state index < -0.39 is 5.60 Å². The molecule has 0 aliphatic heterocycles. The first kappa shape index (κ1) is 16.7. The molecule has 2 N–H and O–H groups in total. The van der Waals surface area contributed by atoms with Gasteiger partial charge in [0.15, 0.2) is 0 Å². The SMILES string of the molecule is COC(C)(CNC(=O)NC1CCCCC1)c1ccccc1F. The van der Waals surface area contributed by atoms with Gasteiger partial charge in [-0.2, -0.15) is 0 Å². The van der Waals surface area contributed by atoms with Crippen molar-refractivity contribution >= 4 is 6.03 Å². The van der Waals surface area contributed by atoms with Crippen LogP contribution in [0.3, 0.4) is 0 Å². The smallest absolute Gasteiger partial charge is 0.315 e. The molecule has 0 aromatic heterocycles. The second kappa shape index (κ2) is 7.58. The molecule has 0 bridgehead atoms. The van der Waals surface area contributed by atoms with Crippen LogP contribution in [0.15, 0.2) is 24.3 Å². The molecule has 5 heteroatoms. The van der Waals surface area contributed by atoms with E-state index in [1.165, 1.54) is 19.6 Å². The summed E-state index contributed by atoms with van der Waals surface area (Å²) in [6.45, 7) is 1.98. The predicted molar refractivity (Wildman–Crippen MR) is 84.2 cm³/mol. The second-order valence-corrected chi connectivity index (χ2v) is 6.08. The van der Waals surface area contributed by atoms with Crippen molar-refractivity contribution in [2.24, 2.45) is 0 Å². The minimum absolute atomic E-state index is 0.211. The minimum Gasteiger partial charge on any atom is -0.372 e. The molecule has 2 amide bonds. The van der Waals surface area contributed by atoms with Gasteiger partial charge in [-0.15, -0.1) is 0 Å². The molecule has 4 nitrogen and oxygen atoms in total. The van der Waals surface area contributed by atoms with Crippen LogP contribution in [0.2, 0.25) is 0 Å². The topological polar surface area (TPSA) is 50.4 Å². The Morgan fingerprint density at radius 1 is 1.32 bits per heavy atom. The number of hydrogen-bond acceptors (Lipinski definition) is 2. The van der Waals surface area contributed by atoms with Crippen molar-refractivity contribution in [1.29, 1.82) is 0 Å². The van der Waals surface area contributed by atoms with E-state index in [-0.39, 0.29) is 24.4 Å². The Hall–Kier alpha value is -1.62. The molecule has 1 aliphatic rings. The van der Waals surface area contributed by atoms with E-state index in [9.17, 15) is 9.18 Å². The lowest BCUT2D eigenvalue weighted by Gasteiger charge is -2.30. The number of halogens is 1. The molecule has 1 atom stereocenters. The largest absolute Gasteiger partial charge is 0.372 e. The van der Waals surface area contributed by atoms with E-state index in [4.69, 9.17) is 4.74 Å². The Bertz CT molecular complexity index is 503. The minimum atomic E-state index is -0.894. The van der Waals surface area contributed by atoms with Gasteiger partial charge in [-0.1, -0.05) is 37.5 Å². The maximum Gasteiger partial charge on any atom is 0.315 e. The van der Waals surface area contributed by atoms with Gasteiger partial charge in [0.05, 0.1) is 6.54 Å². The number of hydrogen-bond donors (Lipinski definition) is 2. The van der Waals surface area contributed by atoms with Gasteiger partial charge in [0.25, 0.3) is 0 Å². The summed E-state index contributed by atoms with van der Waals surface area (Å²) in [7, 11) is 1.52. The molecular weight excluding hydrogens is 283 g/mol. The summed E-state index contributed by atoms with van der Waals surface area (Å²) in [6, 6.07) is 6.51. The molecule has 0 spiro atoms. The number of nitrogens with one attached hydrogen (secondary N) is 2. The number of carbonyl (C=O) groups is 1. The van der Waals surface area contributed by atoms with Crippen LogP contribution in [0, 0.1) is 5.82 Å². The Morgan fingerprint density at radius 3 is 2.64 bits per heavy atom. The third-order valence-electron chi connectivity index (χ3n) is 4.42. The molecule has 122 valence electrons. The molecule has 2 rings (SSSR count). The van der Waals surface area contributed by atoms with Crippen LogP contribution in [-0.4, -0.2) is 25.7 Å². The van der Waals surface area contributed by atoms with Crippen molar-refractivity contribution in [3.8, 4) is 0 Å². The van der Waals surface area contributed by atoms with Crippen LogP contribution in [-0.2, 0) is 10.3 Å². The number of carbonyl (C=O) groups excluding carboxylic acids is 1. The molecule has 1 saturated carbocycles. The Balaban J connectivity index is 1.92. The Kier molecular flexibility index (Phi) is 5.77. The zero-order valence-corrected chi connectivity index (χ0v) is 13.3. The number of amides is 2. The number of ether oxygens (including phenoxy) is 1. The van der Waals surface area contributed by atoms with E-state index >= 15 is 0 Å². The van der Waals surface area contributed by atoms with Gasteiger partial charge >= 0.3 is 6.03 Å². The lowest BCUT2D eigenvalue weighted by Crippen LogP contribution is -2.48. The van der Waals surface area contributed by atoms with Crippen molar-refractivity contribution < 1.29 is 13.9 Å². The van der Waals surface area contributed by atoms with E-state index in [1.54, 1.807) is 25.1 Å². The average molecular weight is 308 g/mol. The van der Waals surface area contributed by atoms with Crippen molar-refractivity contribution in [1.82, 2.24) is 10.6 Å². The van der Waals surface area contributed by atoms with Gasteiger partial charge in [0.1, 0.15) is 11.4 Å². The van der Waals surface area contributed by atoms with Gasteiger partial charge in [-0.05, 0) is 25.8 Å². The molecule has 1 aromatic carbocycles. The average Bonchev–Trinajstić information content (AvgIpc) is 2.54. The second-order valence-electron chi connectivity index (χ2n) is 6.08. The highest BCUT2D eigenvalue weighted by atomic mass is 19.1. The summed E-state index contributed by atoms with van der Waals surface area (Å²) < 4.78 is 19.4. The van der Waals surface area contributed by atoms with Crippen LogP contribution in [0.1, 0.15) is 44.6 Å². The normalized spacial score (nSPS) is 18.5. The number of benzene rings is 1. The van der Waals surface area contributed by atoms with Crippen LogP contribution >= 0.6 is 0 Å². The van der Waals surface area contributed by atoms with E-state index in [0.29, 0.717) is 5.56 Å². The van der Waals surface area contributed by atoms with Crippen molar-refractivity contribution in [2.45, 2.75) is 50.7 Å². The first-order valence-corrected chi connectivity index (χ1v) is 7.90. The zero-order valence-electron chi connectivity index (χ0n) is 13.3. The molecule has 22 heavy (non-hydrogen) atoms. The van der Waals surface area contributed by atoms with E-state index in [2.05, 4.69) is 10.6 Å².